The Morgan fingerprint density at radius 1 is 0.750 bits per heavy atom. The molecule has 25 heteroatoms. The number of carbonyl (C=O) groups is 4. The molecule has 0 saturated carbocycles. The Kier molecular flexibility index (Phi) is 17.6. The number of methoxy groups -OCH3 is 1. The number of ether oxygens (including phenoxy) is 2. The van der Waals surface area contributed by atoms with Crippen molar-refractivity contribution in [3.05, 3.63) is 48.2 Å². The van der Waals surface area contributed by atoms with E-state index in [1.165, 1.54) is 19.1 Å². The standard InChI is InChI=1S/C35H41F13N4O6S2/c1-19(25(53)51-23(27(55)57-5)16-20-17-49-22-11-7-6-10-21(20)22)50-26(54)24(52-28(56)58-29(2,3)4)18-60-14-9-8-13-59-15-12-30(36,37)31(38,39)32(40,41)33(42,43)34(44,45)35(46,47)48/h6-11,17,19,23-24,49H,12-16,18H2,1-5H3,(H,50,54)(H,51,53)(H,52,56)/t19-,23-,24-/m0/s1. The highest BCUT2D eigenvalue weighted by Crippen LogP contribution is 2.60. The average molecular weight is 925 g/mol. The number of amides is 3. The van der Waals surface area contributed by atoms with Crippen molar-refractivity contribution < 1.29 is 85.7 Å². The molecule has 0 bridgehead atoms. The van der Waals surface area contributed by atoms with E-state index in [2.05, 4.69) is 20.9 Å². The van der Waals surface area contributed by atoms with Crippen LogP contribution in [0.5, 0.6) is 0 Å². The van der Waals surface area contributed by atoms with Gasteiger partial charge in [-0.15, -0.1) is 0 Å². The van der Waals surface area contributed by atoms with Crippen molar-refractivity contribution in [1.29, 1.82) is 0 Å². The number of hydrogen-bond acceptors (Lipinski definition) is 8. The van der Waals surface area contributed by atoms with E-state index in [0.717, 1.165) is 29.8 Å². The summed E-state index contributed by atoms with van der Waals surface area (Å²) in [5.41, 5.74) is 0.473. The minimum absolute atomic E-state index is 0.0218. The molecule has 10 nitrogen and oxygen atoms in total. The van der Waals surface area contributed by atoms with Gasteiger partial charge in [-0.1, -0.05) is 30.4 Å². The van der Waals surface area contributed by atoms with Crippen LogP contribution in [-0.4, -0.2) is 118 Å². The molecule has 0 spiro atoms. The van der Waals surface area contributed by atoms with Crippen LogP contribution in [0.4, 0.5) is 61.9 Å². The highest BCUT2D eigenvalue weighted by Gasteiger charge is 2.90. The summed E-state index contributed by atoms with van der Waals surface area (Å²) in [5.74, 6) is -41.2. The van der Waals surface area contributed by atoms with E-state index in [1.807, 2.05) is 6.07 Å². The van der Waals surface area contributed by atoms with Crippen LogP contribution in [0.1, 0.15) is 39.7 Å². The number of aromatic nitrogens is 1. The molecule has 0 fully saturated rings. The van der Waals surface area contributed by atoms with Gasteiger partial charge >= 0.3 is 47.9 Å². The van der Waals surface area contributed by atoms with E-state index in [9.17, 15) is 76.3 Å². The molecule has 60 heavy (non-hydrogen) atoms. The third-order valence-electron chi connectivity index (χ3n) is 8.10. The first kappa shape index (κ1) is 52.1. The molecule has 0 radical (unpaired) electrons. The first-order valence-electron chi connectivity index (χ1n) is 17.3. The highest BCUT2D eigenvalue weighted by atomic mass is 32.2. The summed E-state index contributed by atoms with van der Waals surface area (Å²) in [6.45, 7) is 5.93. The molecule has 340 valence electrons. The minimum Gasteiger partial charge on any atom is -0.467 e. The van der Waals surface area contributed by atoms with Crippen LogP contribution < -0.4 is 16.0 Å². The fraction of sp³-hybridized carbons (Fsp3) is 0.600. The third-order valence-corrected chi connectivity index (χ3v) is 10.0. The largest absolute Gasteiger partial charge is 0.467 e. The zero-order valence-corrected chi connectivity index (χ0v) is 33.8. The van der Waals surface area contributed by atoms with E-state index < -0.39 is 95.6 Å². The second-order valence-corrected chi connectivity index (χ2v) is 16.1. The molecule has 1 aromatic carbocycles. The van der Waals surface area contributed by atoms with E-state index >= 15 is 0 Å². The Morgan fingerprint density at radius 3 is 1.88 bits per heavy atom. The van der Waals surface area contributed by atoms with Gasteiger partial charge in [0, 0.05) is 47.2 Å². The van der Waals surface area contributed by atoms with Crippen LogP contribution in [0.3, 0.4) is 0 Å². The molecule has 3 amide bonds. The molecule has 0 aliphatic rings. The number of para-hydroxylation sites is 1. The van der Waals surface area contributed by atoms with Crippen molar-refractivity contribution in [2.24, 2.45) is 0 Å². The van der Waals surface area contributed by atoms with Crippen molar-refractivity contribution in [3.63, 3.8) is 0 Å². The lowest BCUT2D eigenvalue weighted by Gasteiger charge is -2.39. The lowest BCUT2D eigenvalue weighted by Crippen LogP contribution is -2.70. The zero-order chi connectivity index (χ0) is 46.1. The van der Waals surface area contributed by atoms with E-state index in [0.29, 0.717) is 17.3 Å². The van der Waals surface area contributed by atoms with Crippen molar-refractivity contribution in [2.45, 2.75) is 100 Å². The van der Waals surface area contributed by atoms with Gasteiger partial charge in [-0.2, -0.15) is 80.6 Å². The number of benzene rings is 1. The number of carbonyl (C=O) groups excluding carboxylic acids is 4. The Morgan fingerprint density at radius 2 is 1.32 bits per heavy atom. The number of aromatic amines is 1. The second-order valence-electron chi connectivity index (χ2n) is 13.9. The van der Waals surface area contributed by atoms with Crippen molar-refractivity contribution in [2.75, 3.05) is 30.1 Å². The number of esters is 1. The number of fused-ring (bicyclic) bond motifs is 1. The lowest BCUT2D eigenvalue weighted by molar-refractivity contribution is -0.439. The van der Waals surface area contributed by atoms with Crippen LogP contribution >= 0.6 is 23.5 Å². The molecule has 0 unspecified atom stereocenters. The van der Waals surface area contributed by atoms with E-state index in [-0.39, 0.29) is 23.7 Å². The first-order valence-corrected chi connectivity index (χ1v) is 19.6. The van der Waals surface area contributed by atoms with Crippen LogP contribution in [0.15, 0.2) is 42.6 Å². The summed E-state index contributed by atoms with van der Waals surface area (Å²) in [4.78, 5) is 54.5. The van der Waals surface area contributed by atoms with Crippen LogP contribution in [-0.2, 0) is 30.3 Å². The van der Waals surface area contributed by atoms with Gasteiger partial charge in [-0.25, -0.2) is 9.59 Å². The average Bonchev–Trinajstić information content (AvgIpc) is 3.53. The topological polar surface area (TPSA) is 139 Å². The third kappa shape index (κ3) is 12.8. The summed E-state index contributed by atoms with van der Waals surface area (Å²) in [7, 11) is 1.12. The predicted molar refractivity (Wildman–Crippen MR) is 196 cm³/mol. The number of H-pyrrole nitrogens is 1. The molecular formula is C35H41F13N4O6S2. The Labute approximate surface area is 342 Å². The molecule has 0 saturated heterocycles. The van der Waals surface area contributed by atoms with Gasteiger partial charge in [0.1, 0.15) is 23.7 Å². The smallest absolute Gasteiger partial charge is 0.460 e. The maximum atomic E-state index is 14.0. The van der Waals surface area contributed by atoms with Crippen LogP contribution in [0.25, 0.3) is 10.9 Å². The SMILES string of the molecule is COC(=O)[C@H](Cc1c[nH]c2ccccc12)NC(=O)[C@H](C)NC(=O)[C@H](CSCC=CCSCCC(F)(F)C(F)(F)C(F)(F)C(F)(F)C(F)(F)C(F)(F)F)NC(=O)OC(C)(C)C. The van der Waals surface area contributed by atoms with Crippen molar-refractivity contribution in [3.8, 4) is 0 Å². The van der Waals surface area contributed by atoms with Crippen molar-refractivity contribution >= 4 is 58.3 Å². The summed E-state index contributed by atoms with van der Waals surface area (Å²) in [6, 6.07) is 3.41. The Bertz CT molecular complexity index is 1820. The molecule has 1 heterocycles. The highest BCUT2D eigenvalue weighted by molar-refractivity contribution is 7.99. The second kappa shape index (κ2) is 20.2. The van der Waals surface area contributed by atoms with Crippen LogP contribution in [0.2, 0.25) is 0 Å². The molecule has 4 N–H and O–H groups in total. The molecule has 2 aromatic rings. The molecule has 2 rings (SSSR count). The number of rotatable bonds is 21. The molecule has 3 atom stereocenters. The molecular weight excluding hydrogens is 884 g/mol. The molecule has 0 aliphatic heterocycles. The zero-order valence-electron chi connectivity index (χ0n) is 32.2. The Hall–Kier alpha value is -4.03. The van der Waals surface area contributed by atoms with Gasteiger partial charge in [0.15, 0.2) is 0 Å². The lowest BCUT2D eigenvalue weighted by atomic mass is 9.93. The number of hydrogen-bond donors (Lipinski definition) is 4. The van der Waals surface area contributed by atoms with Crippen molar-refractivity contribution in [1.82, 2.24) is 20.9 Å². The monoisotopic (exact) mass is 924 g/mol. The number of alkyl halides is 13. The summed E-state index contributed by atoms with van der Waals surface area (Å²) in [6.07, 6.45) is -6.57. The van der Waals surface area contributed by atoms with Gasteiger partial charge in [0.25, 0.3) is 0 Å². The van der Waals surface area contributed by atoms with E-state index in [4.69, 9.17) is 9.47 Å². The van der Waals surface area contributed by atoms with E-state index in [1.54, 1.807) is 45.2 Å². The maximum absolute atomic E-state index is 14.0. The molecule has 1 aromatic heterocycles. The first-order chi connectivity index (χ1) is 27.3. The predicted octanol–water partition coefficient (Wildman–Crippen LogP) is 7.92. The van der Waals surface area contributed by atoms with Gasteiger partial charge in [0.2, 0.25) is 11.8 Å². The summed E-state index contributed by atoms with van der Waals surface area (Å²) < 4.78 is 183. The number of nitrogens with one attached hydrogen (secondary N) is 4. The number of alkyl carbamates (subject to hydrolysis) is 1. The van der Waals surface area contributed by atoms with Gasteiger partial charge in [-0.05, 0) is 45.1 Å². The summed E-state index contributed by atoms with van der Waals surface area (Å²) >= 11 is 1.33. The minimum atomic E-state index is -7.96. The normalized spacial score (nSPS) is 15.0. The maximum Gasteiger partial charge on any atom is 0.460 e. The van der Waals surface area contributed by atoms with Gasteiger partial charge in [0.05, 0.1) is 7.11 Å². The molecule has 0 aliphatic carbocycles. The Balaban J connectivity index is 2.00. The van der Waals surface area contributed by atoms with Gasteiger partial charge < -0.3 is 30.4 Å². The number of halogens is 13. The van der Waals surface area contributed by atoms with Gasteiger partial charge in [-0.3, -0.25) is 9.59 Å². The number of thioether (sulfide) groups is 2. The fourth-order valence-corrected chi connectivity index (χ4v) is 6.58. The quantitative estimate of drug-likeness (QED) is 0.0429. The van der Waals surface area contributed by atoms with Crippen LogP contribution in [0, 0.1) is 0 Å². The summed E-state index contributed by atoms with van der Waals surface area (Å²) in [5, 5.41) is 8.10. The fourth-order valence-electron chi connectivity index (χ4n) is 4.87.